The molecule has 0 aliphatic carbocycles. The van der Waals surface area contributed by atoms with Gasteiger partial charge in [0.25, 0.3) is 10.0 Å². The number of carboxylic acid groups (broad SMARTS) is 1. The summed E-state index contributed by atoms with van der Waals surface area (Å²) in [5, 5.41) is 9.40. The maximum absolute atomic E-state index is 13.8. The van der Waals surface area contributed by atoms with E-state index in [0.717, 1.165) is 24.3 Å². The van der Waals surface area contributed by atoms with Crippen molar-refractivity contribution in [1.29, 1.82) is 0 Å². The lowest BCUT2D eigenvalue weighted by Crippen LogP contribution is -2.20. The van der Waals surface area contributed by atoms with Gasteiger partial charge in [0.05, 0.1) is 10.6 Å². The summed E-state index contributed by atoms with van der Waals surface area (Å²) in [5.74, 6) is -2.28. The molecule has 2 aromatic rings. The predicted molar refractivity (Wildman–Crippen MR) is 86.6 cm³/mol. The van der Waals surface area contributed by atoms with E-state index in [0.29, 0.717) is 0 Å². The third-order valence-electron chi connectivity index (χ3n) is 3.33. The first-order valence-corrected chi connectivity index (χ1v) is 8.79. The van der Waals surface area contributed by atoms with Gasteiger partial charge in [-0.15, -0.1) is 0 Å². The molecule has 0 saturated heterocycles. The summed E-state index contributed by atoms with van der Waals surface area (Å²) >= 11 is 5.74. The van der Waals surface area contributed by atoms with Crippen LogP contribution in [-0.4, -0.2) is 32.7 Å². The topological polar surface area (TPSA) is 102 Å². The zero-order valence-corrected chi connectivity index (χ0v) is 14.0. The summed E-state index contributed by atoms with van der Waals surface area (Å²) in [6.45, 7) is 0.289. The second-order valence-electron chi connectivity index (χ2n) is 5.03. The average Bonchev–Trinajstić information content (AvgIpc) is 2.56. The quantitative estimate of drug-likeness (QED) is 0.836. The Balaban J connectivity index is 2.07. The Morgan fingerprint density at radius 3 is 2.64 bits per heavy atom. The van der Waals surface area contributed by atoms with Gasteiger partial charge in [-0.3, -0.25) is 4.72 Å². The van der Waals surface area contributed by atoms with Gasteiger partial charge in [-0.25, -0.2) is 17.6 Å². The summed E-state index contributed by atoms with van der Waals surface area (Å²) in [6.07, 6.45) is 0. The number of halogens is 2. The van der Waals surface area contributed by atoms with E-state index in [9.17, 15) is 22.7 Å². The van der Waals surface area contributed by atoms with Gasteiger partial charge in [-0.05, 0) is 24.3 Å². The van der Waals surface area contributed by atoms with Crippen LogP contribution in [0.15, 0.2) is 35.2 Å². The number of ether oxygens (including phenoxy) is 2. The van der Waals surface area contributed by atoms with Crippen LogP contribution < -0.4 is 14.2 Å². The molecule has 1 aliphatic heterocycles. The number of hydrogen-bond acceptors (Lipinski definition) is 5. The van der Waals surface area contributed by atoms with Crippen LogP contribution in [-0.2, 0) is 10.0 Å². The molecule has 0 saturated carbocycles. The van der Waals surface area contributed by atoms with Crippen molar-refractivity contribution in [2.45, 2.75) is 4.90 Å². The lowest BCUT2D eigenvalue weighted by atomic mass is 10.2. The van der Waals surface area contributed by atoms with E-state index in [1.165, 1.54) is 6.07 Å². The van der Waals surface area contributed by atoms with Crippen molar-refractivity contribution in [3.8, 4) is 11.5 Å². The van der Waals surface area contributed by atoms with Crippen LogP contribution in [0.5, 0.6) is 11.5 Å². The van der Waals surface area contributed by atoms with Crippen molar-refractivity contribution in [3.05, 3.63) is 46.7 Å². The number of carbonyl (C=O) groups is 1. The molecule has 25 heavy (non-hydrogen) atoms. The van der Waals surface area contributed by atoms with Crippen LogP contribution in [0.2, 0.25) is 5.02 Å². The average molecular weight is 388 g/mol. The Morgan fingerprint density at radius 1 is 1.20 bits per heavy atom. The molecule has 0 atom stereocenters. The molecule has 0 unspecified atom stereocenters. The summed E-state index contributed by atoms with van der Waals surface area (Å²) in [6, 6.07) is 5.41. The highest BCUT2D eigenvalue weighted by molar-refractivity contribution is 7.92. The molecule has 0 radical (unpaired) electrons. The fourth-order valence-corrected chi connectivity index (χ4v) is 3.49. The first kappa shape index (κ1) is 17.3. The number of nitrogens with one attached hydrogen (secondary N) is 1. The van der Waals surface area contributed by atoms with Crippen LogP contribution in [0.3, 0.4) is 0 Å². The number of aromatic carboxylic acids is 1. The van der Waals surface area contributed by atoms with E-state index in [1.54, 1.807) is 0 Å². The monoisotopic (exact) mass is 387 g/mol. The Morgan fingerprint density at radius 2 is 1.92 bits per heavy atom. The molecule has 1 aliphatic rings. The maximum Gasteiger partial charge on any atom is 0.339 e. The summed E-state index contributed by atoms with van der Waals surface area (Å²) in [4.78, 5) is 11.0. The Labute approximate surface area is 147 Å². The molecule has 0 aromatic heterocycles. The number of fused-ring (bicyclic) bond motifs is 1. The van der Waals surface area contributed by atoms with Crippen LogP contribution in [0.4, 0.5) is 10.1 Å². The normalized spacial score (nSPS) is 13.4. The van der Waals surface area contributed by atoms with Crippen molar-refractivity contribution in [2.24, 2.45) is 0 Å². The van der Waals surface area contributed by atoms with Gasteiger partial charge in [0.1, 0.15) is 24.6 Å². The van der Waals surface area contributed by atoms with E-state index >= 15 is 0 Å². The zero-order valence-electron chi connectivity index (χ0n) is 12.5. The zero-order chi connectivity index (χ0) is 18.2. The first-order chi connectivity index (χ1) is 11.8. The van der Waals surface area contributed by atoms with E-state index in [-0.39, 0.29) is 41.0 Å². The fraction of sp³-hybridized carbons (Fsp3) is 0.133. The number of carboxylic acids is 1. The molecule has 7 nitrogen and oxygen atoms in total. The SMILES string of the molecule is O=C(O)c1cc(S(=O)(=O)Nc2cc(Cl)ccc2F)cc2c1OCCO2. The van der Waals surface area contributed by atoms with Crippen molar-refractivity contribution in [1.82, 2.24) is 0 Å². The summed E-state index contributed by atoms with van der Waals surface area (Å²) < 4.78 is 51.3. The van der Waals surface area contributed by atoms with Gasteiger partial charge in [0.2, 0.25) is 0 Å². The molecular weight excluding hydrogens is 377 g/mol. The molecule has 0 spiro atoms. The second-order valence-corrected chi connectivity index (χ2v) is 7.15. The smallest absolute Gasteiger partial charge is 0.339 e. The molecule has 132 valence electrons. The van der Waals surface area contributed by atoms with Crippen LogP contribution in [0, 0.1) is 5.82 Å². The second kappa shape index (κ2) is 6.41. The van der Waals surface area contributed by atoms with Crippen molar-refractivity contribution < 1.29 is 32.2 Å². The highest BCUT2D eigenvalue weighted by Crippen LogP contribution is 2.37. The van der Waals surface area contributed by atoms with E-state index in [4.69, 9.17) is 21.1 Å². The molecule has 0 amide bonds. The van der Waals surface area contributed by atoms with Gasteiger partial charge in [-0.2, -0.15) is 0 Å². The third kappa shape index (κ3) is 3.47. The lowest BCUT2D eigenvalue weighted by Gasteiger charge is -2.21. The lowest BCUT2D eigenvalue weighted by molar-refractivity contribution is 0.0685. The third-order valence-corrected chi connectivity index (χ3v) is 4.91. The van der Waals surface area contributed by atoms with E-state index in [1.807, 2.05) is 4.72 Å². The largest absolute Gasteiger partial charge is 0.486 e. The summed E-state index contributed by atoms with van der Waals surface area (Å²) in [7, 11) is -4.29. The highest BCUT2D eigenvalue weighted by Gasteiger charge is 2.26. The molecule has 1 heterocycles. The molecule has 0 fully saturated rings. The fourth-order valence-electron chi connectivity index (χ4n) is 2.22. The number of rotatable bonds is 4. The van der Waals surface area contributed by atoms with E-state index < -0.39 is 26.7 Å². The number of anilines is 1. The van der Waals surface area contributed by atoms with Gasteiger partial charge in [0, 0.05) is 11.1 Å². The Bertz CT molecular complexity index is 963. The molecule has 0 bridgehead atoms. The minimum absolute atomic E-state index is 0.0157. The van der Waals surface area contributed by atoms with E-state index in [2.05, 4.69) is 0 Å². The minimum atomic E-state index is -4.29. The molecule has 10 heteroatoms. The minimum Gasteiger partial charge on any atom is -0.486 e. The van der Waals surface area contributed by atoms with Crippen molar-refractivity contribution in [3.63, 3.8) is 0 Å². The van der Waals surface area contributed by atoms with Crippen molar-refractivity contribution >= 4 is 33.3 Å². The van der Waals surface area contributed by atoms with Crippen LogP contribution >= 0.6 is 11.6 Å². The standard InChI is InChI=1S/C15H11ClFNO6S/c16-8-1-2-11(17)12(5-8)18-25(21,22)9-6-10(15(19)20)14-13(7-9)23-3-4-24-14/h1-2,5-7,18H,3-4H2,(H,19,20). The van der Waals surface area contributed by atoms with Gasteiger partial charge < -0.3 is 14.6 Å². The first-order valence-electron chi connectivity index (χ1n) is 6.93. The van der Waals surface area contributed by atoms with Crippen molar-refractivity contribution in [2.75, 3.05) is 17.9 Å². The Kier molecular flexibility index (Phi) is 4.44. The molecule has 2 N–H and O–H groups in total. The highest BCUT2D eigenvalue weighted by atomic mass is 35.5. The van der Waals surface area contributed by atoms with Crippen LogP contribution in [0.25, 0.3) is 0 Å². The Hall–Kier alpha value is -2.52. The summed E-state index contributed by atoms with van der Waals surface area (Å²) in [5.41, 5.74) is -0.733. The van der Waals surface area contributed by atoms with Crippen LogP contribution in [0.1, 0.15) is 10.4 Å². The number of hydrogen-bond donors (Lipinski definition) is 2. The van der Waals surface area contributed by atoms with Gasteiger partial charge in [-0.1, -0.05) is 11.6 Å². The van der Waals surface area contributed by atoms with Gasteiger partial charge >= 0.3 is 5.97 Å². The predicted octanol–water partition coefficient (Wildman–Crippen LogP) is 2.75. The maximum atomic E-state index is 13.8. The number of benzene rings is 2. The van der Waals surface area contributed by atoms with Gasteiger partial charge in [0.15, 0.2) is 11.5 Å². The molecule has 2 aromatic carbocycles. The number of sulfonamides is 1. The molecule has 3 rings (SSSR count). The molecular formula is C15H11ClFNO6S.